The number of hydrogen-bond acceptors (Lipinski definition) is 6. The molecule has 0 radical (unpaired) electrons. The van der Waals surface area contributed by atoms with Gasteiger partial charge >= 0.3 is 6.36 Å². The fourth-order valence-electron chi connectivity index (χ4n) is 3.14. The maximum atomic E-state index is 12.5. The maximum Gasteiger partial charge on any atom is 0.573 e. The Morgan fingerprint density at radius 2 is 1.82 bits per heavy atom. The summed E-state index contributed by atoms with van der Waals surface area (Å²) in [6.07, 6.45) is -1.42. The van der Waals surface area contributed by atoms with E-state index in [0.717, 1.165) is 28.9 Å². The molecule has 2 heterocycles. The van der Waals surface area contributed by atoms with Gasteiger partial charge in [-0.15, -0.1) is 23.4 Å². The number of nitrogens with zero attached hydrogens (tertiary/aromatic N) is 4. The molecule has 0 aliphatic rings. The molecule has 2 aromatic heterocycles. The van der Waals surface area contributed by atoms with Gasteiger partial charge in [-0.1, -0.05) is 30.0 Å². The highest BCUT2D eigenvalue weighted by Gasteiger charge is 2.31. The Bertz CT molecular complexity index is 1280. The van der Waals surface area contributed by atoms with Crippen LogP contribution in [0.3, 0.4) is 0 Å². The highest BCUT2D eigenvalue weighted by molar-refractivity contribution is 7.99. The van der Waals surface area contributed by atoms with Gasteiger partial charge < -0.3 is 10.1 Å². The van der Waals surface area contributed by atoms with Crippen molar-refractivity contribution >= 4 is 23.4 Å². The number of thioether (sulfide) groups is 1. The molecule has 4 aromatic rings. The number of carbonyl (C=O) groups excluding carboxylic acids is 1. The van der Waals surface area contributed by atoms with E-state index in [-0.39, 0.29) is 17.4 Å². The third-order valence-electron chi connectivity index (χ3n) is 4.61. The summed E-state index contributed by atoms with van der Waals surface area (Å²) < 4.78 is 42.6. The molecule has 174 valence electrons. The van der Waals surface area contributed by atoms with Gasteiger partial charge in [0.05, 0.1) is 11.4 Å². The van der Waals surface area contributed by atoms with Gasteiger partial charge in [0.1, 0.15) is 5.75 Å². The van der Waals surface area contributed by atoms with Crippen LogP contribution in [0.15, 0.2) is 78.2 Å². The summed E-state index contributed by atoms with van der Waals surface area (Å²) in [5.74, 6) is -0.117. The molecule has 0 bridgehead atoms. The molecule has 7 nitrogen and oxygen atoms in total. The highest BCUT2D eigenvalue weighted by atomic mass is 32.2. The molecule has 1 N–H and O–H groups in total. The fraction of sp³-hybridized carbons (Fsp3) is 0.130. The summed E-state index contributed by atoms with van der Waals surface area (Å²) >= 11 is 1.19. The number of rotatable bonds is 7. The molecule has 0 fully saturated rings. The van der Waals surface area contributed by atoms with E-state index in [9.17, 15) is 18.0 Å². The lowest BCUT2D eigenvalue weighted by Gasteiger charge is -2.13. The summed E-state index contributed by atoms with van der Waals surface area (Å²) in [5, 5.41) is 11.8. The molecule has 4 rings (SSSR count). The smallest absolute Gasteiger partial charge is 0.406 e. The molecule has 0 aliphatic heterocycles. The predicted octanol–water partition coefficient (Wildman–Crippen LogP) is 5.27. The molecule has 0 aliphatic carbocycles. The van der Waals surface area contributed by atoms with E-state index in [1.165, 1.54) is 23.9 Å². The van der Waals surface area contributed by atoms with Gasteiger partial charge in [0.2, 0.25) is 5.91 Å². The molecule has 34 heavy (non-hydrogen) atoms. The van der Waals surface area contributed by atoms with Crippen LogP contribution in [0.5, 0.6) is 5.75 Å². The number of ether oxygens (including phenoxy) is 1. The first-order valence-electron chi connectivity index (χ1n) is 10.0. The number of amides is 1. The molecule has 2 aromatic carbocycles. The number of para-hydroxylation sites is 1. The van der Waals surface area contributed by atoms with Crippen LogP contribution >= 0.6 is 11.8 Å². The third kappa shape index (κ3) is 5.73. The largest absolute Gasteiger partial charge is 0.573 e. The Morgan fingerprint density at radius 1 is 1.06 bits per heavy atom. The number of aromatic nitrogens is 4. The summed E-state index contributed by atoms with van der Waals surface area (Å²) in [4.78, 5) is 16.6. The zero-order valence-electron chi connectivity index (χ0n) is 17.8. The minimum Gasteiger partial charge on any atom is -0.406 e. The second kappa shape index (κ2) is 9.96. The molecule has 11 heteroatoms. The number of nitrogens with one attached hydrogen (secondary N) is 1. The lowest BCUT2D eigenvalue weighted by molar-refractivity contribution is -0.274. The maximum absolute atomic E-state index is 12.5. The SMILES string of the molecule is Cc1ccccc1-n1c(SCC(=O)Nc2ccc(OC(F)(F)F)cc2)nnc1-c1cccnc1. The zero-order chi connectivity index (χ0) is 24.1. The summed E-state index contributed by atoms with van der Waals surface area (Å²) in [6.45, 7) is 1.97. The van der Waals surface area contributed by atoms with E-state index in [1.54, 1.807) is 18.5 Å². The van der Waals surface area contributed by atoms with Gasteiger partial charge in [-0.05, 0) is 55.0 Å². The Kier molecular flexibility index (Phi) is 6.82. The second-order valence-corrected chi connectivity index (χ2v) is 8.02. The van der Waals surface area contributed by atoms with Crippen molar-refractivity contribution in [2.24, 2.45) is 0 Å². The van der Waals surface area contributed by atoms with E-state index in [1.807, 2.05) is 41.8 Å². The molecule has 0 saturated heterocycles. The Hall–Kier alpha value is -3.86. The van der Waals surface area contributed by atoms with E-state index in [2.05, 4.69) is 25.2 Å². The number of carbonyl (C=O) groups is 1. The average molecular weight is 485 g/mol. The van der Waals surface area contributed by atoms with Gasteiger partial charge in [-0.2, -0.15) is 0 Å². The Balaban J connectivity index is 1.50. The van der Waals surface area contributed by atoms with Crippen molar-refractivity contribution < 1.29 is 22.7 Å². The van der Waals surface area contributed by atoms with Crippen LogP contribution in [0.2, 0.25) is 0 Å². The second-order valence-electron chi connectivity index (χ2n) is 7.08. The van der Waals surface area contributed by atoms with Crippen molar-refractivity contribution in [3.05, 3.63) is 78.6 Å². The van der Waals surface area contributed by atoms with Crippen molar-refractivity contribution in [2.75, 3.05) is 11.1 Å². The van der Waals surface area contributed by atoms with Crippen LogP contribution in [0, 0.1) is 6.92 Å². The number of alkyl halides is 3. The van der Waals surface area contributed by atoms with Crippen LogP contribution in [0.4, 0.5) is 18.9 Å². The monoisotopic (exact) mass is 485 g/mol. The number of aryl methyl sites for hydroxylation is 1. The first kappa shape index (κ1) is 23.3. The van der Waals surface area contributed by atoms with Gasteiger partial charge in [0.15, 0.2) is 11.0 Å². The minimum absolute atomic E-state index is 0.0118. The first-order chi connectivity index (χ1) is 16.3. The number of benzene rings is 2. The molecule has 0 spiro atoms. The normalized spacial score (nSPS) is 11.3. The average Bonchev–Trinajstić information content (AvgIpc) is 3.23. The van der Waals surface area contributed by atoms with Gasteiger partial charge in [-0.25, -0.2) is 0 Å². The molecule has 0 unspecified atom stereocenters. The van der Waals surface area contributed by atoms with Crippen LogP contribution in [0.1, 0.15) is 5.56 Å². The van der Waals surface area contributed by atoms with Crippen LogP contribution in [-0.4, -0.2) is 37.8 Å². The van der Waals surface area contributed by atoms with Crippen molar-refractivity contribution in [3.63, 3.8) is 0 Å². The first-order valence-corrected chi connectivity index (χ1v) is 11.0. The Morgan fingerprint density at radius 3 is 2.50 bits per heavy atom. The van der Waals surface area contributed by atoms with Gasteiger partial charge in [0, 0.05) is 23.6 Å². The molecule has 0 atom stereocenters. The predicted molar refractivity (Wildman–Crippen MR) is 122 cm³/mol. The number of halogens is 3. The Labute approximate surface area is 197 Å². The molecular weight excluding hydrogens is 467 g/mol. The van der Waals surface area contributed by atoms with Crippen LogP contribution in [0.25, 0.3) is 17.1 Å². The summed E-state index contributed by atoms with van der Waals surface area (Å²) in [7, 11) is 0. The van der Waals surface area contributed by atoms with Crippen molar-refractivity contribution in [3.8, 4) is 22.8 Å². The van der Waals surface area contributed by atoms with Crippen LogP contribution < -0.4 is 10.1 Å². The van der Waals surface area contributed by atoms with E-state index in [4.69, 9.17) is 0 Å². The third-order valence-corrected chi connectivity index (χ3v) is 5.54. The van der Waals surface area contributed by atoms with Gasteiger partial charge in [-0.3, -0.25) is 14.3 Å². The number of pyridine rings is 1. The number of hydrogen-bond donors (Lipinski definition) is 1. The zero-order valence-corrected chi connectivity index (χ0v) is 18.6. The summed E-state index contributed by atoms with van der Waals surface area (Å²) in [6, 6.07) is 16.3. The molecule has 1 amide bonds. The summed E-state index contributed by atoms with van der Waals surface area (Å²) in [5.41, 5.74) is 2.99. The molecule has 0 saturated carbocycles. The van der Waals surface area contributed by atoms with E-state index < -0.39 is 6.36 Å². The minimum atomic E-state index is -4.77. The van der Waals surface area contributed by atoms with E-state index >= 15 is 0 Å². The lowest BCUT2D eigenvalue weighted by atomic mass is 10.2. The highest BCUT2D eigenvalue weighted by Crippen LogP contribution is 2.29. The molecular formula is C23H18F3N5O2S. The quantitative estimate of drug-likeness (QED) is 0.359. The fourth-order valence-corrected chi connectivity index (χ4v) is 3.89. The number of anilines is 1. The van der Waals surface area contributed by atoms with Gasteiger partial charge in [0.25, 0.3) is 0 Å². The topological polar surface area (TPSA) is 81.9 Å². The van der Waals surface area contributed by atoms with Crippen molar-refractivity contribution in [2.45, 2.75) is 18.4 Å². The van der Waals surface area contributed by atoms with E-state index in [0.29, 0.717) is 16.7 Å². The van der Waals surface area contributed by atoms with Crippen molar-refractivity contribution in [1.29, 1.82) is 0 Å². The lowest BCUT2D eigenvalue weighted by Crippen LogP contribution is -2.17. The standard InChI is InChI=1S/C23H18F3N5O2S/c1-15-5-2-3-7-19(15)31-21(16-6-4-12-27-13-16)29-30-22(31)34-14-20(32)28-17-8-10-18(11-9-17)33-23(24,25)26/h2-13H,14H2,1H3,(H,28,32). The van der Waals surface area contributed by atoms with Crippen molar-refractivity contribution in [1.82, 2.24) is 19.7 Å². The van der Waals surface area contributed by atoms with Crippen LogP contribution in [-0.2, 0) is 4.79 Å².